The molecule has 0 spiro atoms. The van der Waals surface area contributed by atoms with E-state index in [4.69, 9.17) is 0 Å². The first kappa shape index (κ1) is 22.7. The van der Waals surface area contributed by atoms with Crippen LogP contribution in [0, 0.1) is 5.82 Å². The number of halogens is 1. The van der Waals surface area contributed by atoms with Crippen molar-refractivity contribution in [3.8, 4) is 11.4 Å². The van der Waals surface area contributed by atoms with Crippen LogP contribution in [0.5, 0.6) is 0 Å². The van der Waals surface area contributed by atoms with Crippen LogP contribution in [0.15, 0.2) is 66.6 Å². The van der Waals surface area contributed by atoms with Crippen molar-refractivity contribution < 1.29 is 19.1 Å². The van der Waals surface area contributed by atoms with E-state index in [2.05, 4.69) is 25.3 Å². The number of ketones is 1. The molecular weight excluding hydrogens is 471 g/mol. The molecule has 5 rings (SSSR count). The lowest BCUT2D eigenvalue weighted by Gasteiger charge is -2.18. The lowest BCUT2D eigenvalue weighted by molar-refractivity contribution is 0.0887. The van der Waals surface area contributed by atoms with Gasteiger partial charge in [0.2, 0.25) is 5.78 Å². The fourth-order valence-electron chi connectivity index (χ4n) is 3.78. The Kier molecular flexibility index (Phi) is 6.25. The van der Waals surface area contributed by atoms with Gasteiger partial charge >= 0.3 is 0 Å². The monoisotopic (exact) mass is 490 g/mol. The molecule has 11 heteroatoms. The molecule has 9 nitrogen and oxygen atoms in total. The third-order valence-corrected chi connectivity index (χ3v) is 6.33. The fraction of sp³-hybridized carbons (Fsp3) is 0.167. The number of anilines is 1. The molecule has 0 bridgehead atoms. The Morgan fingerprint density at radius 3 is 2.60 bits per heavy atom. The summed E-state index contributed by atoms with van der Waals surface area (Å²) in [6, 6.07) is 8.58. The Morgan fingerprint density at radius 1 is 1.03 bits per heavy atom. The minimum atomic E-state index is -0.841. The zero-order valence-corrected chi connectivity index (χ0v) is 19.0. The van der Waals surface area contributed by atoms with Gasteiger partial charge in [0, 0.05) is 54.4 Å². The number of nitrogens with one attached hydrogen (secondary N) is 1. The highest BCUT2D eigenvalue weighted by Gasteiger charge is 2.33. The Balaban J connectivity index is 1.25. The smallest absolute Gasteiger partial charge is 0.254 e. The quantitative estimate of drug-likeness (QED) is 0.395. The molecule has 3 aromatic heterocycles. The Hall–Kier alpha value is -4.09. The van der Waals surface area contributed by atoms with Gasteiger partial charge in [-0.2, -0.15) is 0 Å². The molecule has 1 amide bonds. The van der Waals surface area contributed by atoms with Gasteiger partial charge in [-0.15, -0.1) is 11.3 Å². The van der Waals surface area contributed by atoms with Gasteiger partial charge in [0.15, 0.2) is 10.8 Å². The van der Waals surface area contributed by atoms with Gasteiger partial charge in [-0.1, -0.05) is 12.1 Å². The number of carbonyl (C=O) groups is 2. The number of pyridine rings is 1. The fourth-order valence-corrected chi connectivity index (χ4v) is 4.38. The summed E-state index contributed by atoms with van der Waals surface area (Å²) in [7, 11) is 0. The first-order valence-corrected chi connectivity index (χ1v) is 11.6. The van der Waals surface area contributed by atoms with Crippen LogP contribution >= 0.6 is 11.3 Å². The summed E-state index contributed by atoms with van der Waals surface area (Å²) in [6.07, 6.45) is 4.98. The normalized spacial score (nSPS) is 17.4. The van der Waals surface area contributed by atoms with Gasteiger partial charge in [-0.3, -0.25) is 9.59 Å². The van der Waals surface area contributed by atoms with E-state index in [9.17, 15) is 19.1 Å². The Morgan fingerprint density at radius 2 is 1.86 bits per heavy atom. The van der Waals surface area contributed by atoms with Gasteiger partial charge in [-0.05, 0) is 24.3 Å². The van der Waals surface area contributed by atoms with Gasteiger partial charge in [0.05, 0.1) is 17.7 Å². The molecular formula is C24H19FN6O3S. The number of nitrogens with zero attached hydrogens (tertiary/aromatic N) is 5. The van der Waals surface area contributed by atoms with E-state index >= 15 is 0 Å². The lowest BCUT2D eigenvalue weighted by atomic mass is 10.2. The summed E-state index contributed by atoms with van der Waals surface area (Å²) in [5.41, 5.74) is 1.16. The molecule has 2 atom stereocenters. The molecule has 1 saturated heterocycles. The van der Waals surface area contributed by atoms with Crippen molar-refractivity contribution in [2.75, 3.05) is 18.0 Å². The van der Waals surface area contributed by atoms with E-state index in [1.807, 2.05) is 0 Å². The number of aliphatic hydroxyl groups excluding tert-OH is 1. The van der Waals surface area contributed by atoms with Crippen LogP contribution < -0.4 is 10.2 Å². The van der Waals surface area contributed by atoms with Gasteiger partial charge in [0.25, 0.3) is 5.91 Å². The number of hydrogen-bond acceptors (Lipinski definition) is 9. The van der Waals surface area contributed by atoms with E-state index in [-0.39, 0.29) is 17.9 Å². The topological polar surface area (TPSA) is 121 Å². The summed E-state index contributed by atoms with van der Waals surface area (Å²) in [5.74, 6) is -0.227. The highest BCUT2D eigenvalue weighted by molar-refractivity contribution is 7.11. The van der Waals surface area contributed by atoms with Crippen LogP contribution in [0.2, 0.25) is 0 Å². The zero-order chi connectivity index (χ0) is 24.4. The van der Waals surface area contributed by atoms with Crippen LogP contribution in [0.25, 0.3) is 11.4 Å². The average Bonchev–Trinajstić information content (AvgIpc) is 3.54. The van der Waals surface area contributed by atoms with E-state index in [0.717, 1.165) is 0 Å². The molecule has 2 N–H and O–H groups in total. The van der Waals surface area contributed by atoms with Crippen molar-refractivity contribution in [1.29, 1.82) is 0 Å². The van der Waals surface area contributed by atoms with Crippen LogP contribution in [-0.2, 0) is 0 Å². The number of aliphatic hydroxyl groups is 1. The summed E-state index contributed by atoms with van der Waals surface area (Å²) >= 11 is 1.26. The first-order valence-electron chi connectivity index (χ1n) is 10.7. The first-order chi connectivity index (χ1) is 17.0. The minimum absolute atomic E-state index is 0.199. The van der Waals surface area contributed by atoms with Crippen LogP contribution in [0.3, 0.4) is 0 Å². The average molecular weight is 491 g/mol. The number of amides is 1. The van der Waals surface area contributed by atoms with E-state index in [1.54, 1.807) is 40.7 Å². The molecule has 4 aromatic rings. The van der Waals surface area contributed by atoms with Gasteiger partial charge in [0.1, 0.15) is 11.6 Å². The maximum absolute atomic E-state index is 13.4. The molecule has 35 heavy (non-hydrogen) atoms. The second-order valence-corrected chi connectivity index (χ2v) is 8.82. The Bertz CT molecular complexity index is 1370. The molecule has 176 valence electrons. The molecule has 1 unspecified atom stereocenters. The van der Waals surface area contributed by atoms with E-state index in [1.165, 1.54) is 42.1 Å². The van der Waals surface area contributed by atoms with Crippen molar-refractivity contribution in [1.82, 2.24) is 25.3 Å². The summed E-state index contributed by atoms with van der Waals surface area (Å²) in [6.45, 7) is 0.541. The molecule has 4 heterocycles. The van der Waals surface area contributed by atoms with Crippen molar-refractivity contribution in [3.63, 3.8) is 0 Å². The van der Waals surface area contributed by atoms with Crippen LogP contribution in [0.1, 0.15) is 25.7 Å². The standard InChI is InChI=1S/C24H19FN6O3S/c25-17-3-1-2-15(8-17)22-28-10-16(11-29-22)23(34)30-18-12-31(13-19(18)32)20-9-14(4-5-26-20)21(33)24-27-6-7-35-24/h1-11,18-19,32H,12-13H2,(H,30,34)/t18?,19-/m0/s1. The third kappa shape index (κ3) is 4.91. The molecule has 1 aromatic carbocycles. The number of carbonyl (C=O) groups excluding carboxylic acids is 2. The lowest BCUT2D eigenvalue weighted by Crippen LogP contribution is -2.43. The summed E-state index contributed by atoms with van der Waals surface area (Å²) in [5, 5.41) is 15.5. The van der Waals surface area contributed by atoms with E-state index in [0.29, 0.717) is 34.3 Å². The molecule has 0 saturated carbocycles. The number of aromatic nitrogens is 4. The molecule has 1 fully saturated rings. The highest BCUT2D eigenvalue weighted by Crippen LogP contribution is 2.22. The third-order valence-electron chi connectivity index (χ3n) is 5.56. The second kappa shape index (κ2) is 9.65. The molecule has 1 aliphatic rings. The van der Waals surface area contributed by atoms with Gasteiger partial charge in [-0.25, -0.2) is 24.3 Å². The molecule has 1 aliphatic heterocycles. The maximum atomic E-state index is 13.4. The van der Waals surface area contributed by atoms with Crippen LogP contribution in [-0.4, -0.2) is 62.0 Å². The number of β-amino-alcohol motifs (C(OH)–C–C–N with tert-alkyl or cyclic N) is 1. The minimum Gasteiger partial charge on any atom is -0.389 e. The van der Waals surface area contributed by atoms with Gasteiger partial charge < -0.3 is 15.3 Å². The second-order valence-electron chi connectivity index (χ2n) is 7.93. The number of hydrogen-bond donors (Lipinski definition) is 2. The molecule has 0 aliphatic carbocycles. The summed E-state index contributed by atoms with van der Waals surface area (Å²) in [4.78, 5) is 43.8. The number of rotatable bonds is 6. The van der Waals surface area contributed by atoms with Crippen molar-refractivity contribution in [2.45, 2.75) is 12.1 Å². The SMILES string of the molecule is O=C(NC1CN(c2cc(C(=O)c3nccs3)ccn2)C[C@@H]1O)c1cnc(-c2cccc(F)c2)nc1. The van der Waals surface area contributed by atoms with Crippen molar-refractivity contribution in [3.05, 3.63) is 88.5 Å². The maximum Gasteiger partial charge on any atom is 0.254 e. The Labute approximate surface area is 203 Å². The zero-order valence-electron chi connectivity index (χ0n) is 18.2. The molecule has 0 radical (unpaired) electrons. The predicted octanol–water partition coefficient (Wildman–Crippen LogP) is 2.34. The largest absolute Gasteiger partial charge is 0.389 e. The van der Waals surface area contributed by atoms with Crippen LogP contribution in [0.4, 0.5) is 10.2 Å². The van der Waals surface area contributed by atoms with Crippen molar-refractivity contribution in [2.24, 2.45) is 0 Å². The van der Waals surface area contributed by atoms with E-state index < -0.39 is 23.9 Å². The summed E-state index contributed by atoms with van der Waals surface area (Å²) < 4.78 is 13.4. The number of thiazole rings is 1. The number of benzene rings is 1. The van der Waals surface area contributed by atoms with Crippen molar-refractivity contribution >= 4 is 28.8 Å². The predicted molar refractivity (Wildman–Crippen MR) is 127 cm³/mol. The highest BCUT2D eigenvalue weighted by atomic mass is 32.1.